The van der Waals surface area contributed by atoms with Crippen LogP contribution in [-0.2, 0) is 14.4 Å². The molecular weight excluding hydrogens is 344 g/mol. The molecular formula is C22H32O5. The van der Waals surface area contributed by atoms with Crippen molar-refractivity contribution in [3.63, 3.8) is 0 Å². The number of hydrogen-bond donors (Lipinski definition) is 0. The molecule has 0 N–H and O–H groups in total. The molecule has 0 heterocycles. The van der Waals surface area contributed by atoms with Crippen LogP contribution in [-0.4, -0.2) is 24.1 Å². The van der Waals surface area contributed by atoms with Crippen molar-refractivity contribution in [1.82, 2.24) is 0 Å². The van der Waals surface area contributed by atoms with Crippen LogP contribution in [0.3, 0.4) is 0 Å². The maximum atomic E-state index is 11.9. The number of unbranched alkanes of at least 4 members (excludes halogenated alkanes) is 7. The molecule has 1 rings (SSSR count). The molecule has 5 nitrogen and oxygen atoms in total. The molecule has 0 aromatic heterocycles. The number of benzene rings is 1. The number of Topliss-reactive ketones (excluding diaryl/α,β-unsaturated/α-hetero) is 2. The van der Waals surface area contributed by atoms with E-state index in [-0.39, 0.29) is 5.75 Å². The lowest BCUT2D eigenvalue weighted by atomic mass is 10.0. The molecule has 0 fully saturated rings. The van der Waals surface area contributed by atoms with Gasteiger partial charge in [0.1, 0.15) is 11.5 Å². The number of ether oxygens (including phenoxy) is 2. The first kappa shape index (κ1) is 22.9. The predicted molar refractivity (Wildman–Crippen MR) is 105 cm³/mol. The average molecular weight is 376 g/mol. The van der Waals surface area contributed by atoms with Gasteiger partial charge in [-0.05, 0) is 44.5 Å². The fourth-order valence-electron chi connectivity index (χ4n) is 2.82. The van der Waals surface area contributed by atoms with Crippen LogP contribution in [0.25, 0.3) is 0 Å². The molecule has 0 aliphatic rings. The lowest BCUT2D eigenvalue weighted by molar-refractivity contribution is -0.147. The van der Waals surface area contributed by atoms with Gasteiger partial charge in [-0.3, -0.25) is 14.4 Å². The molecule has 0 bridgehead atoms. The fraction of sp³-hybridized carbons (Fsp3) is 0.591. The molecule has 0 amide bonds. The van der Waals surface area contributed by atoms with Crippen molar-refractivity contribution in [3.8, 4) is 11.5 Å². The summed E-state index contributed by atoms with van der Waals surface area (Å²) in [4.78, 5) is 34.7. The third-order valence-electron chi connectivity index (χ3n) is 4.36. The van der Waals surface area contributed by atoms with E-state index in [1.54, 1.807) is 24.3 Å². The van der Waals surface area contributed by atoms with Crippen LogP contribution in [0.5, 0.6) is 11.5 Å². The zero-order chi connectivity index (χ0) is 20.1. The fourth-order valence-corrected chi connectivity index (χ4v) is 2.82. The second-order valence-corrected chi connectivity index (χ2v) is 6.87. The van der Waals surface area contributed by atoms with Gasteiger partial charge in [-0.1, -0.05) is 51.9 Å². The Morgan fingerprint density at radius 1 is 0.778 bits per heavy atom. The summed E-state index contributed by atoms with van der Waals surface area (Å²) < 4.78 is 10.8. The Balaban J connectivity index is 2.28. The molecule has 0 saturated carbocycles. The lowest BCUT2D eigenvalue weighted by Crippen LogP contribution is -2.32. The van der Waals surface area contributed by atoms with Gasteiger partial charge in [0.05, 0.1) is 6.61 Å². The predicted octanol–water partition coefficient (Wildman–Crippen LogP) is 4.91. The highest BCUT2D eigenvalue weighted by molar-refractivity contribution is 6.16. The zero-order valence-corrected chi connectivity index (χ0v) is 16.8. The Bertz CT molecular complexity index is 577. The van der Waals surface area contributed by atoms with Crippen molar-refractivity contribution in [2.45, 2.75) is 72.1 Å². The minimum Gasteiger partial charge on any atom is -0.494 e. The summed E-state index contributed by atoms with van der Waals surface area (Å²) in [6.45, 7) is 5.29. The highest BCUT2D eigenvalue weighted by Gasteiger charge is 2.30. The van der Waals surface area contributed by atoms with E-state index in [1.807, 2.05) is 0 Å². The normalized spacial score (nSPS) is 10.7. The highest BCUT2D eigenvalue weighted by atomic mass is 16.5. The van der Waals surface area contributed by atoms with E-state index in [9.17, 15) is 14.4 Å². The van der Waals surface area contributed by atoms with Crippen LogP contribution in [0.15, 0.2) is 24.3 Å². The van der Waals surface area contributed by atoms with Crippen LogP contribution in [0.2, 0.25) is 0 Å². The topological polar surface area (TPSA) is 69.7 Å². The second-order valence-electron chi connectivity index (χ2n) is 6.87. The quantitative estimate of drug-likeness (QED) is 0.200. The minimum absolute atomic E-state index is 0.284. The van der Waals surface area contributed by atoms with E-state index in [0.717, 1.165) is 6.42 Å². The van der Waals surface area contributed by atoms with Gasteiger partial charge < -0.3 is 9.47 Å². The largest absolute Gasteiger partial charge is 0.494 e. The highest BCUT2D eigenvalue weighted by Crippen LogP contribution is 2.19. The first-order valence-corrected chi connectivity index (χ1v) is 9.91. The standard InChI is InChI=1S/C22H32O5/c1-4-5-6-7-8-9-10-11-16-26-19-12-14-20(15-13-19)27-22(25)21(17(2)23)18(3)24/h12-15,21H,4-11,16H2,1-3H3. The van der Waals surface area contributed by atoms with Gasteiger partial charge in [0.2, 0.25) is 0 Å². The molecule has 0 saturated heterocycles. The molecule has 150 valence electrons. The van der Waals surface area contributed by atoms with Crippen LogP contribution in [0.4, 0.5) is 0 Å². The molecule has 0 unspecified atom stereocenters. The molecule has 0 spiro atoms. The third kappa shape index (κ3) is 9.36. The van der Waals surface area contributed by atoms with Gasteiger partial charge in [-0.15, -0.1) is 0 Å². The number of carbonyl (C=O) groups is 3. The van der Waals surface area contributed by atoms with Crippen molar-refractivity contribution in [1.29, 1.82) is 0 Å². The molecule has 0 aliphatic carbocycles. The van der Waals surface area contributed by atoms with Gasteiger partial charge in [-0.25, -0.2) is 0 Å². The summed E-state index contributed by atoms with van der Waals surface area (Å²) in [6, 6.07) is 6.62. The van der Waals surface area contributed by atoms with Gasteiger partial charge in [0.25, 0.3) is 0 Å². The summed E-state index contributed by atoms with van der Waals surface area (Å²) in [5.41, 5.74) is 0. The van der Waals surface area contributed by atoms with E-state index >= 15 is 0 Å². The Kier molecular flexibility index (Phi) is 11.1. The zero-order valence-electron chi connectivity index (χ0n) is 16.8. The van der Waals surface area contributed by atoms with E-state index in [0.29, 0.717) is 12.4 Å². The summed E-state index contributed by atoms with van der Waals surface area (Å²) in [6.07, 6.45) is 9.99. The average Bonchev–Trinajstić information content (AvgIpc) is 2.61. The summed E-state index contributed by atoms with van der Waals surface area (Å²) in [7, 11) is 0. The van der Waals surface area contributed by atoms with Gasteiger partial charge >= 0.3 is 5.97 Å². The molecule has 5 heteroatoms. The van der Waals surface area contributed by atoms with Crippen molar-refractivity contribution in [2.75, 3.05) is 6.61 Å². The molecule has 0 radical (unpaired) electrons. The van der Waals surface area contributed by atoms with Crippen LogP contribution < -0.4 is 9.47 Å². The van der Waals surface area contributed by atoms with E-state index in [4.69, 9.17) is 9.47 Å². The molecule has 27 heavy (non-hydrogen) atoms. The van der Waals surface area contributed by atoms with E-state index in [2.05, 4.69) is 6.92 Å². The number of ketones is 2. The SMILES string of the molecule is CCCCCCCCCCOc1ccc(OC(=O)C(C(C)=O)C(C)=O)cc1. The Morgan fingerprint density at radius 3 is 1.78 bits per heavy atom. The number of carbonyl (C=O) groups excluding carboxylic acids is 3. The maximum absolute atomic E-state index is 11.9. The Labute approximate surface area is 162 Å². The Morgan fingerprint density at radius 2 is 1.26 bits per heavy atom. The van der Waals surface area contributed by atoms with Crippen LogP contribution in [0, 0.1) is 5.92 Å². The number of rotatable bonds is 14. The summed E-state index contributed by atoms with van der Waals surface area (Å²) in [5.74, 6) is -2.25. The van der Waals surface area contributed by atoms with Crippen molar-refractivity contribution in [2.24, 2.45) is 5.92 Å². The second kappa shape index (κ2) is 13.1. The molecule has 0 aliphatic heterocycles. The van der Waals surface area contributed by atoms with Gasteiger partial charge in [0, 0.05) is 0 Å². The molecule has 0 atom stereocenters. The maximum Gasteiger partial charge on any atom is 0.329 e. The van der Waals surface area contributed by atoms with Crippen molar-refractivity contribution in [3.05, 3.63) is 24.3 Å². The van der Waals surface area contributed by atoms with Crippen LogP contribution >= 0.6 is 0 Å². The molecule has 1 aromatic rings. The first-order valence-electron chi connectivity index (χ1n) is 9.91. The molecule has 1 aromatic carbocycles. The van der Waals surface area contributed by atoms with Gasteiger partial charge in [0.15, 0.2) is 17.5 Å². The Hall–Kier alpha value is -2.17. The number of hydrogen-bond acceptors (Lipinski definition) is 5. The minimum atomic E-state index is -1.36. The van der Waals surface area contributed by atoms with E-state index in [1.165, 1.54) is 58.8 Å². The lowest BCUT2D eigenvalue weighted by Gasteiger charge is -2.11. The van der Waals surface area contributed by atoms with Crippen molar-refractivity contribution >= 4 is 17.5 Å². The summed E-state index contributed by atoms with van der Waals surface area (Å²) in [5, 5.41) is 0. The number of esters is 1. The smallest absolute Gasteiger partial charge is 0.329 e. The first-order chi connectivity index (χ1) is 13.0. The third-order valence-corrected chi connectivity index (χ3v) is 4.36. The van der Waals surface area contributed by atoms with Crippen LogP contribution in [0.1, 0.15) is 72.1 Å². The van der Waals surface area contributed by atoms with Gasteiger partial charge in [-0.2, -0.15) is 0 Å². The monoisotopic (exact) mass is 376 g/mol. The summed E-state index contributed by atoms with van der Waals surface area (Å²) >= 11 is 0. The van der Waals surface area contributed by atoms with Crippen molar-refractivity contribution < 1.29 is 23.9 Å². The van der Waals surface area contributed by atoms with E-state index < -0.39 is 23.5 Å².